The van der Waals surface area contributed by atoms with Gasteiger partial charge < -0.3 is 19.4 Å². The van der Waals surface area contributed by atoms with Crippen LogP contribution in [-0.4, -0.2) is 46.6 Å². The quantitative estimate of drug-likeness (QED) is 0.793. The summed E-state index contributed by atoms with van der Waals surface area (Å²) in [6.07, 6.45) is 3.57. The van der Waals surface area contributed by atoms with Crippen LogP contribution in [0, 0.1) is 6.92 Å². The molecule has 7 heteroatoms. The van der Waals surface area contributed by atoms with Gasteiger partial charge in [0.15, 0.2) is 5.69 Å². The van der Waals surface area contributed by atoms with Crippen LogP contribution in [0.1, 0.15) is 16.3 Å². The second-order valence-electron chi connectivity index (χ2n) is 5.92. The fourth-order valence-electron chi connectivity index (χ4n) is 2.99. The molecule has 3 aromatic heterocycles. The molecule has 1 aliphatic rings. The van der Waals surface area contributed by atoms with E-state index in [4.69, 9.17) is 4.74 Å². The number of ether oxygens (including phenoxy) is 1. The zero-order valence-corrected chi connectivity index (χ0v) is 14.0. The smallest absolute Gasteiger partial charge is 0.276 e. The topological polar surface area (TPSA) is 71.8 Å². The molecule has 1 fully saturated rings. The molecule has 0 bridgehead atoms. The molecule has 25 heavy (non-hydrogen) atoms. The standard InChI is InChI=1S/C18H19N5O2/c1-13-20-17(15-4-2-3-7-23(13)15)18(24)21-14-5-6-16(19-12-14)22-8-10-25-11-9-22/h2-7,12H,8-11H2,1H3,(H,21,24). The number of anilines is 2. The predicted octanol–water partition coefficient (Wildman–Crippen LogP) is 2.13. The molecule has 4 heterocycles. The first-order valence-corrected chi connectivity index (χ1v) is 8.26. The monoisotopic (exact) mass is 337 g/mol. The summed E-state index contributed by atoms with van der Waals surface area (Å²) >= 11 is 0. The molecule has 128 valence electrons. The van der Waals surface area contributed by atoms with Crippen LogP contribution in [0.4, 0.5) is 11.5 Å². The Kier molecular flexibility index (Phi) is 4.07. The fraction of sp³-hybridized carbons (Fsp3) is 0.278. The molecule has 1 N–H and O–H groups in total. The maximum atomic E-state index is 12.6. The lowest BCUT2D eigenvalue weighted by atomic mass is 10.3. The number of nitrogens with zero attached hydrogens (tertiary/aromatic N) is 4. The second-order valence-corrected chi connectivity index (χ2v) is 5.92. The van der Waals surface area contributed by atoms with Gasteiger partial charge in [-0.05, 0) is 31.2 Å². The Morgan fingerprint density at radius 1 is 1.20 bits per heavy atom. The average Bonchev–Trinajstić information content (AvgIpc) is 3.00. The van der Waals surface area contributed by atoms with Gasteiger partial charge in [-0.1, -0.05) is 6.07 Å². The van der Waals surface area contributed by atoms with Gasteiger partial charge in [0.1, 0.15) is 11.6 Å². The van der Waals surface area contributed by atoms with Gasteiger partial charge in [0, 0.05) is 19.3 Å². The van der Waals surface area contributed by atoms with Gasteiger partial charge in [-0.25, -0.2) is 9.97 Å². The number of aromatic nitrogens is 3. The van der Waals surface area contributed by atoms with Gasteiger partial charge in [-0.2, -0.15) is 0 Å². The molecule has 0 spiro atoms. The minimum atomic E-state index is -0.238. The summed E-state index contributed by atoms with van der Waals surface area (Å²) in [6.45, 7) is 4.97. The first-order chi connectivity index (χ1) is 12.2. The molecule has 1 saturated heterocycles. The van der Waals surface area contributed by atoms with Crippen LogP contribution in [0.15, 0.2) is 42.7 Å². The van der Waals surface area contributed by atoms with Crippen molar-refractivity contribution in [1.29, 1.82) is 0 Å². The van der Waals surface area contributed by atoms with Crippen LogP contribution in [0.3, 0.4) is 0 Å². The minimum absolute atomic E-state index is 0.238. The molecule has 0 unspecified atom stereocenters. The van der Waals surface area contributed by atoms with Crippen molar-refractivity contribution in [2.45, 2.75) is 6.92 Å². The molecule has 7 nitrogen and oxygen atoms in total. The SMILES string of the molecule is Cc1nc(C(=O)Nc2ccc(N3CCOCC3)nc2)c2ccccn12. The number of imidazole rings is 1. The largest absolute Gasteiger partial charge is 0.378 e. The normalized spacial score (nSPS) is 14.7. The first-order valence-electron chi connectivity index (χ1n) is 8.26. The molecule has 0 aliphatic carbocycles. The highest BCUT2D eigenvalue weighted by molar-refractivity contribution is 6.07. The highest BCUT2D eigenvalue weighted by atomic mass is 16.5. The number of morpholine rings is 1. The van der Waals surface area contributed by atoms with E-state index in [1.807, 2.05) is 47.9 Å². The molecule has 0 aromatic carbocycles. The van der Waals surface area contributed by atoms with Gasteiger partial charge in [-0.3, -0.25) is 4.79 Å². The van der Waals surface area contributed by atoms with E-state index >= 15 is 0 Å². The van der Waals surface area contributed by atoms with Crippen LogP contribution in [0.25, 0.3) is 5.52 Å². The van der Waals surface area contributed by atoms with Crippen LogP contribution in [0.5, 0.6) is 0 Å². The Morgan fingerprint density at radius 3 is 2.80 bits per heavy atom. The number of nitrogens with one attached hydrogen (secondary N) is 1. The van der Waals surface area contributed by atoms with Crippen LogP contribution in [0.2, 0.25) is 0 Å². The zero-order chi connectivity index (χ0) is 17.2. The number of rotatable bonds is 3. The van der Waals surface area contributed by atoms with E-state index in [1.54, 1.807) is 6.20 Å². The van der Waals surface area contributed by atoms with E-state index in [9.17, 15) is 4.79 Å². The number of carbonyl (C=O) groups excluding carboxylic acids is 1. The Hall–Kier alpha value is -2.93. The summed E-state index contributed by atoms with van der Waals surface area (Å²) < 4.78 is 7.25. The van der Waals surface area contributed by atoms with E-state index < -0.39 is 0 Å². The van der Waals surface area contributed by atoms with Gasteiger partial charge in [0.2, 0.25) is 0 Å². The Balaban J connectivity index is 1.52. The van der Waals surface area contributed by atoms with Gasteiger partial charge in [0.05, 0.1) is 30.6 Å². The lowest BCUT2D eigenvalue weighted by Gasteiger charge is -2.27. The Labute approximate surface area is 145 Å². The number of pyridine rings is 2. The third-order valence-electron chi connectivity index (χ3n) is 4.28. The van der Waals surface area contributed by atoms with Crippen molar-refractivity contribution in [3.8, 4) is 0 Å². The Morgan fingerprint density at radius 2 is 2.04 bits per heavy atom. The van der Waals surface area contributed by atoms with Crippen molar-refractivity contribution < 1.29 is 9.53 Å². The number of carbonyl (C=O) groups is 1. The molecule has 1 aliphatic heterocycles. The van der Waals surface area contributed by atoms with E-state index in [0.29, 0.717) is 24.6 Å². The highest BCUT2D eigenvalue weighted by Gasteiger charge is 2.16. The maximum absolute atomic E-state index is 12.6. The van der Waals surface area contributed by atoms with E-state index in [0.717, 1.165) is 30.2 Å². The number of hydrogen-bond acceptors (Lipinski definition) is 5. The summed E-state index contributed by atoms with van der Waals surface area (Å²) in [5, 5.41) is 2.87. The third kappa shape index (κ3) is 3.06. The lowest BCUT2D eigenvalue weighted by Crippen LogP contribution is -2.36. The summed E-state index contributed by atoms with van der Waals surface area (Å²) in [5.41, 5.74) is 1.85. The molecule has 0 saturated carbocycles. The Bertz CT molecular complexity index is 897. The van der Waals surface area contributed by atoms with E-state index in [-0.39, 0.29) is 5.91 Å². The molecule has 4 rings (SSSR count). The summed E-state index contributed by atoms with van der Waals surface area (Å²) in [4.78, 5) is 23.6. The zero-order valence-electron chi connectivity index (χ0n) is 14.0. The summed E-state index contributed by atoms with van der Waals surface area (Å²) in [7, 11) is 0. The van der Waals surface area contributed by atoms with Crippen molar-refractivity contribution in [3.05, 3.63) is 54.2 Å². The van der Waals surface area contributed by atoms with E-state index in [2.05, 4.69) is 20.2 Å². The lowest BCUT2D eigenvalue weighted by molar-refractivity contribution is 0.102. The maximum Gasteiger partial charge on any atom is 0.276 e. The summed E-state index contributed by atoms with van der Waals surface area (Å²) in [6, 6.07) is 9.47. The molecule has 1 amide bonds. The number of aryl methyl sites for hydroxylation is 1. The van der Waals surface area contributed by atoms with Crippen molar-refractivity contribution >= 4 is 22.9 Å². The number of hydrogen-bond donors (Lipinski definition) is 1. The van der Waals surface area contributed by atoms with Gasteiger partial charge in [-0.15, -0.1) is 0 Å². The van der Waals surface area contributed by atoms with Crippen molar-refractivity contribution in [3.63, 3.8) is 0 Å². The molecule has 0 atom stereocenters. The molecule has 0 radical (unpaired) electrons. The van der Waals surface area contributed by atoms with Crippen LogP contribution < -0.4 is 10.2 Å². The summed E-state index contributed by atoms with van der Waals surface area (Å²) in [5.74, 6) is 1.43. The van der Waals surface area contributed by atoms with E-state index in [1.165, 1.54) is 0 Å². The van der Waals surface area contributed by atoms with Crippen molar-refractivity contribution in [1.82, 2.24) is 14.4 Å². The van der Waals surface area contributed by atoms with Crippen molar-refractivity contribution in [2.75, 3.05) is 36.5 Å². The highest BCUT2D eigenvalue weighted by Crippen LogP contribution is 2.18. The number of amides is 1. The average molecular weight is 337 g/mol. The van der Waals surface area contributed by atoms with Gasteiger partial charge in [0.25, 0.3) is 5.91 Å². The van der Waals surface area contributed by atoms with Crippen molar-refractivity contribution in [2.24, 2.45) is 0 Å². The van der Waals surface area contributed by atoms with Crippen LogP contribution in [-0.2, 0) is 4.74 Å². The third-order valence-corrected chi connectivity index (χ3v) is 4.28. The molecular weight excluding hydrogens is 318 g/mol. The molecule has 3 aromatic rings. The fourth-order valence-corrected chi connectivity index (χ4v) is 2.99. The molecular formula is C18H19N5O2. The first kappa shape index (κ1) is 15.6. The second kappa shape index (κ2) is 6.52. The minimum Gasteiger partial charge on any atom is -0.378 e. The predicted molar refractivity (Wildman–Crippen MR) is 95.2 cm³/mol. The van der Waals surface area contributed by atoms with Gasteiger partial charge >= 0.3 is 0 Å². The van der Waals surface area contributed by atoms with Crippen LogP contribution >= 0.6 is 0 Å². The number of fused-ring (bicyclic) bond motifs is 1.